The molecule has 0 spiro atoms. The van der Waals surface area contributed by atoms with Crippen molar-refractivity contribution in [3.63, 3.8) is 0 Å². The van der Waals surface area contributed by atoms with E-state index in [1.54, 1.807) is 0 Å². The zero-order chi connectivity index (χ0) is 28.8. The minimum Gasteiger partial charge on any atom is -0.494 e. The molecule has 1 fully saturated rings. The molecular formula is C26H22F3N5O3. The third kappa shape index (κ3) is 4.64. The highest BCUT2D eigenvalue weighted by molar-refractivity contribution is 6.11. The lowest BCUT2D eigenvalue weighted by atomic mass is 9.99. The Balaban J connectivity index is 1.53. The fourth-order valence-corrected chi connectivity index (χ4v) is 4.08. The number of carbonyl (C=O) groups excluding carboxylic acids is 1. The van der Waals surface area contributed by atoms with Crippen LogP contribution in [0.4, 0.5) is 13.2 Å². The van der Waals surface area contributed by atoms with Gasteiger partial charge in [0.15, 0.2) is 11.5 Å². The molecule has 0 aliphatic heterocycles. The van der Waals surface area contributed by atoms with Gasteiger partial charge >= 0.3 is 6.18 Å². The molecule has 0 amide bonds. The molecule has 0 saturated heterocycles. The topological polar surface area (TPSA) is 92.0 Å². The molecule has 37 heavy (non-hydrogen) atoms. The molecule has 0 N–H and O–H groups in total. The highest BCUT2D eigenvalue weighted by Crippen LogP contribution is 2.45. The second-order valence-corrected chi connectivity index (χ2v) is 8.55. The van der Waals surface area contributed by atoms with E-state index in [0.29, 0.717) is 11.3 Å². The number of imidazole rings is 1. The molecule has 4 aromatic rings. The second-order valence-electron chi connectivity index (χ2n) is 8.55. The van der Waals surface area contributed by atoms with Gasteiger partial charge in [0.1, 0.15) is 17.9 Å². The van der Waals surface area contributed by atoms with E-state index in [1.165, 1.54) is 61.6 Å². The number of hydrogen-bond donors (Lipinski definition) is 0. The predicted molar refractivity (Wildman–Crippen MR) is 127 cm³/mol. The van der Waals surface area contributed by atoms with E-state index in [4.69, 9.17) is 13.6 Å². The lowest BCUT2D eigenvalue weighted by Gasteiger charge is -2.14. The maximum Gasteiger partial charge on any atom is 0.434 e. The van der Waals surface area contributed by atoms with Gasteiger partial charge in [0.2, 0.25) is 5.88 Å². The molecule has 1 aliphatic rings. The number of methoxy groups -OCH3 is 2. The van der Waals surface area contributed by atoms with Gasteiger partial charge in [-0.15, -0.1) is 0 Å². The number of alkyl halides is 3. The molecule has 190 valence electrons. The molecule has 0 atom stereocenters. The van der Waals surface area contributed by atoms with E-state index < -0.39 is 24.7 Å². The third-order valence-corrected chi connectivity index (χ3v) is 6.06. The quantitative estimate of drug-likeness (QED) is 0.319. The fraction of sp³-hybridized carbons (Fsp3) is 0.269. The second kappa shape index (κ2) is 9.30. The van der Waals surface area contributed by atoms with Crippen LogP contribution in [0.1, 0.15) is 50.2 Å². The Morgan fingerprint density at radius 3 is 2.51 bits per heavy atom. The first-order chi connectivity index (χ1) is 18.9. The number of halogens is 3. The summed E-state index contributed by atoms with van der Waals surface area (Å²) in [4.78, 5) is 30.0. The van der Waals surface area contributed by atoms with Crippen LogP contribution in [0.25, 0.3) is 22.6 Å². The number of aromatic nitrogens is 5. The van der Waals surface area contributed by atoms with Gasteiger partial charge < -0.3 is 14.0 Å². The van der Waals surface area contributed by atoms with Gasteiger partial charge in [0, 0.05) is 30.3 Å². The molecule has 5 rings (SSSR count). The number of carbonyl (C=O) groups is 1. The standard InChI is InChI=1S/C26H22F3N5O3/c1-34-12-20(26(27,28)29)33-24(34)16-8-6-15(7-9-16)23(35)17-10-18(30-11-19(17)36-2)21-22(14-4-5-14)31-13-32-25(21)37-3/h6-14H,4-5H2,1-3H3/i3D3. The Labute approximate surface area is 214 Å². The summed E-state index contributed by atoms with van der Waals surface area (Å²) in [5, 5.41) is 0. The number of aryl methyl sites for hydroxylation is 1. The van der Waals surface area contributed by atoms with E-state index in [1.807, 2.05) is 0 Å². The van der Waals surface area contributed by atoms with Gasteiger partial charge in [-0.25, -0.2) is 15.0 Å². The molecule has 0 unspecified atom stereocenters. The summed E-state index contributed by atoms with van der Waals surface area (Å²) in [6.45, 7) is 0. The number of nitrogens with zero attached hydrogens (tertiary/aromatic N) is 5. The summed E-state index contributed by atoms with van der Waals surface area (Å²) in [7, 11) is 0.0541. The maximum atomic E-state index is 13.6. The van der Waals surface area contributed by atoms with Crippen LogP contribution in [0.2, 0.25) is 0 Å². The van der Waals surface area contributed by atoms with E-state index in [9.17, 15) is 18.0 Å². The average molecular weight is 513 g/mol. The average Bonchev–Trinajstić information content (AvgIpc) is 3.67. The number of hydrogen-bond acceptors (Lipinski definition) is 7. The van der Waals surface area contributed by atoms with Gasteiger partial charge in [-0.05, 0) is 18.9 Å². The van der Waals surface area contributed by atoms with Crippen molar-refractivity contribution in [1.29, 1.82) is 0 Å². The fourth-order valence-electron chi connectivity index (χ4n) is 4.08. The van der Waals surface area contributed by atoms with Crippen molar-refractivity contribution >= 4 is 5.78 Å². The van der Waals surface area contributed by atoms with Gasteiger partial charge in [-0.3, -0.25) is 9.78 Å². The first kappa shape index (κ1) is 20.9. The van der Waals surface area contributed by atoms with Gasteiger partial charge in [-0.2, -0.15) is 13.2 Å². The zero-order valence-electron chi connectivity index (χ0n) is 22.7. The van der Waals surface area contributed by atoms with Crippen molar-refractivity contribution in [3.05, 3.63) is 71.6 Å². The zero-order valence-corrected chi connectivity index (χ0v) is 19.7. The van der Waals surface area contributed by atoms with Crippen LogP contribution < -0.4 is 9.47 Å². The Morgan fingerprint density at radius 1 is 1.14 bits per heavy atom. The van der Waals surface area contributed by atoms with Crippen LogP contribution in [0, 0.1) is 0 Å². The Bertz CT molecular complexity index is 1580. The Morgan fingerprint density at radius 2 is 1.89 bits per heavy atom. The van der Waals surface area contributed by atoms with Crippen LogP contribution in [-0.2, 0) is 13.2 Å². The number of benzene rings is 1. The van der Waals surface area contributed by atoms with Crippen molar-refractivity contribution in [2.75, 3.05) is 14.1 Å². The first-order valence-corrected chi connectivity index (χ1v) is 11.2. The van der Waals surface area contributed by atoms with Crippen molar-refractivity contribution in [1.82, 2.24) is 24.5 Å². The molecule has 8 nitrogen and oxygen atoms in total. The molecule has 3 heterocycles. The molecule has 0 radical (unpaired) electrons. The highest BCUT2D eigenvalue weighted by atomic mass is 19.4. The van der Waals surface area contributed by atoms with Crippen molar-refractivity contribution in [3.8, 4) is 34.3 Å². The minimum atomic E-state index is -4.58. The van der Waals surface area contributed by atoms with E-state index in [2.05, 4.69) is 19.9 Å². The molecule has 1 saturated carbocycles. The van der Waals surface area contributed by atoms with Crippen molar-refractivity contribution < 1.29 is 31.6 Å². The monoisotopic (exact) mass is 512 g/mol. The summed E-state index contributed by atoms with van der Waals surface area (Å²) in [5.74, 6) is -0.290. The van der Waals surface area contributed by atoms with Crippen LogP contribution in [-0.4, -0.2) is 44.4 Å². The molecule has 3 aromatic heterocycles. The molecule has 11 heteroatoms. The van der Waals surface area contributed by atoms with Gasteiger partial charge in [0.05, 0.1) is 47.0 Å². The van der Waals surface area contributed by atoms with Crippen LogP contribution in [0.5, 0.6) is 11.6 Å². The summed E-state index contributed by atoms with van der Waals surface area (Å²) in [6, 6.07) is 7.42. The normalized spacial score (nSPS) is 15.0. The summed E-state index contributed by atoms with van der Waals surface area (Å²) in [6.07, 6.45) is 0.586. The van der Waals surface area contributed by atoms with E-state index in [-0.39, 0.29) is 45.8 Å². The third-order valence-electron chi connectivity index (χ3n) is 6.06. The first-order valence-electron chi connectivity index (χ1n) is 12.7. The van der Waals surface area contributed by atoms with Gasteiger partial charge in [-0.1, -0.05) is 24.3 Å². The lowest BCUT2D eigenvalue weighted by molar-refractivity contribution is -0.140. The number of rotatable bonds is 7. The van der Waals surface area contributed by atoms with Crippen LogP contribution in [0.15, 0.2) is 49.1 Å². The van der Waals surface area contributed by atoms with Crippen molar-refractivity contribution in [2.24, 2.45) is 7.05 Å². The van der Waals surface area contributed by atoms with Crippen LogP contribution in [0.3, 0.4) is 0 Å². The molecule has 1 aromatic carbocycles. The molecule has 1 aliphatic carbocycles. The molecular weight excluding hydrogens is 487 g/mol. The minimum absolute atomic E-state index is 0.0801. The summed E-state index contributed by atoms with van der Waals surface area (Å²) >= 11 is 0. The van der Waals surface area contributed by atoms with E-state index in [0.717, 1.165) is 19.0 Å². The summed E-state index contributed by atoms with van der Waals surface area (Å²) < 4.78 is 73.6. The van der Waals surface area contributed by atoms with Gasteiger partial charge in [0.25, 0.3) is 0 Å². The summed E-state index contributed by atoms with van der Waals surface area (Å²) in [5.41, 5.74) is 0.814. The smallest absolute Gasteiger partial charge is 0.434 e. The highest BCUT2D eigenvalue weighted by Gasteiger charge is 2.35. The lowest BCUT2D eigenvalue weighted by Crippen LogP contribution is -2.07. The molecule has 0 bridgehead atoms. The largest absolute Gasteiger partial charge is 0.494 e. The van der Waals surface area contributed by atoms with Crippen LogP contribution >= 0.6 is 0 Å². The Kier molecular flexibility index (Phi) is 5.25. The Hall–Kier alpha value is -4.28. The number of ether oxygens (including phenoxy) is 2. The van der Waals surface area contributed by atoms with Crippen molar-refractivity contribution in [2.45, 2.75) is 24.9 Å². The predicted octanol–water partition coefficient (Wildman–Crippen LogP) is 5.08. The van der Waals surface area contributed by atoms with E-state index >= 15 is 0 Å². The number of ketones is 1. The number of pyridine rings is 1. The SMILES string of the molecule is [2H]C([2H])([2H])Oc1ncnc(C2CC2)c1-c1cc(C(=O)c2ccc(-c3nc(C(F)(F)F)cn3C)cc2)c(OC)cn1. The maximum absolute atomic E-state index is 13.6.